The lowest BCUT2D eigenvalue weighted by Crippen LogP contribution is -2.04. The molecule has 0 amide bonds. The van der Waals surface area contributed by atoms with E-state index in [9.17, 15) is 4.79 Å². The van der Waals surface area contributed by atoms with E-state index in [1.807, 2.05) is 7.05 Å². The topological polar surface area (TPSA) is 44.1 Å². The van der Waals surface area contributed by atoms with Crippen LogP contribution in [0.1, 0.15) is 35.9 Å². The van der Waals surface area contributed by atoms with E-state index in [1.54, 1.807) is 4.68 Å². The van der Waals surface area contributed by atoms with Crippen molar-refractivity contribution in [1.82, 2.24) is 9.78 Å². The highest BCUT2D eigenvalue weighted by Crippen LogP contribution is 2.23. The first-order valence-corrected chi connectivity index (χ1v) is 5.37. The number of hydrogen-bond donors (Lipinski definition) is 0. The van der Waals surface area contributed by atoms with E-state index >= 15 is 0 Å². The van der Waals surface area contributed by atoms with Crippen LogP contribution in [0.4, 0.5) is 0 Å². The maximum atomic E-state index is 11.3. The number of methoxy groups -OCH3 is 1. The molecule has 0 aliphatic carbocycles. The fraction of sp³-hybridized carbons (Fsp3) is 0.556. The molecule has 5 heteroatoms. The molecule has 1 aromatic heterocycles. The number of hydrogen-bond acceptors (Lipinski definition) is 3. The molecule has 1 aromatic rings. The van der Waals surface area contributed by atoms with Crippen molar-refractivity contribution in [3.63, 3.8) is 0 Å². The average Bonchev–Trinajstić information content (AvgIpc) is 2.40. The van der Waals surface area contributed by atoms with Crippen LogP contribution in [0.15, 0.2) is 0 Å². The Kier molecular flexibility index (Phi) is 3.52. The van der Waals surface area contributed by atoms with Crippen LogP contribution >= 0.6 is 22.6 Å². The molecule has 0 fully saturated rings. The van der Waals surface area contributed by atoms with Gasteiger partial charge < -0.3 is 4.74 Å². The highest BCUT2D eigenvalue weighted by Gasteiger charge is 2.21. The SMILES string of the molecule is COC(=O)c1nn(C)c(C(C)C)c1I. The van der Waals surface area contributed by atoms with Gasteiger partial charge in [-0.15, -0.1) is 0 Å². The maximum absolute atomic E-state index is 11.3. The highest BCUT2D eigenvalue weighted by atomic mass is 127. The summed E-state index contributed by atoms with van der Waals surface area (Å²) in [6.45, 7) is 4.14. The number of carbonyl (C=O) groups is 1. The fourth-order valence-electron chi connectivity index (χ4n) is 1.37. The minimum Gasteiger partial charge on any atom is -0.464 e. The lowest BCUT2D eigenvalue weighted by molar-refractivity contribution is 0.0592. The molecule has 1 rings (SSSR count). The molecule has 0 aliphatic heterocycles. The van der Waals surface area contributed by atoms with Crippen LogP contribution in [0.2, 0.25) is 0 Å². The summed E-state index contributed by atoms with van der Waals surface area (Å²) in [5.74, 6) is -0.0327. The predicted molar refractivity (Wildman–Crippen MR) is 61.4 cm³/mol. The summed E-state index contributed by atoms with van der Waals surface area (Å²) in [5.41, 5.74) is 1.46. The van der Waals surface area contributed by atoms with Crippen LogP contribution in [0.3, 0.4) is 0 Å². The zero-order chi connectivity index (χ0) is 10.9. The van der Waals surface area contributed by atoms with Crippen LogP contribution in [0, 0.1) is 3.57 Å². The smallest absolute Gasteiger partial charge is 0.359 e. The average molecular weight is 308 g/mol. The fourth-order valence-corrected chi connectivity index (χ4v) is 2.67. The molecule has 0 atom stereocenters. The van der Waals surface area contributed by atoms with Gasteiger partial charge in [0.15, 0.2) is 5.69 Å². The minimum atomic E-state index is -0.378. The third-order valence-electron chi connectivity index (χ3n) is 1.96. The number of ether oxygens (including phenoxy) is 1. The van der Waals surface area contributed by atoms with E-state index in [4.69, 9.17) is 0 Å². The Morgan fingerprint density at radius 1 is 1.57 bits per heavy atom. The van der Waals surface area contributed by atoms with Crippen molar-refractivity contribution < 1.29 is 9.53 Å². The molecule has 4 nitrogen and oxygen atoms in total. The number of aryl methyl sites for hydroxylation is 1. The summed E-state index contributed by atoms with van der Waals surface area (Å²) in [4.78, 5) is 11.3. The Hall–Kier alpha value is -0.590. The molecule has 0 saturated heterocycles. The monoisotopic (exact) mass is 308 g/mol. The third kappa shape index (κ3) is 1.92. The lowest BCUT2D eigenvalue weighted by atomic mass is 10.1. The standard InChI is InChI=1S/C9H13IN2O2/c1-5(2)8-6(10)7(9(13)14-4)11-12(8)3/h5H,1-4H3. The van der Waals surface area contributed by atoms with Gasteiger partial charge in [-0.1, -0.05) is 13.8 Å². The van der Waals surface area contributed by atoms with Gasteiger partial charge in [0.05, 0.1) is 16.4 Å². The van der Waals surface area contributed by atoms with Crippen molar-refractivity contribution in [1.29, 1.82) is 0 Å². The third-order valence-corrected chi connectivity index (χ3v) is 3.02. The Morgan fingerprint density at radius 2 is 2.14 bits per heavy atom. The van der Waals surface area contributed by atoms with Gasteiger partial charge >= 0.3 is 5.97 Å². The molecule has 0 bridgehead atoms. The van der Waals surface area contributed by atoms with E-state index < -0.39 is 0 Å². The van der Waals surface area contributed by atoms with Gasteiger partial charge in [0.2, 0.25) is 0 Å². The molecule has 0 saturated carbocycles. The van der Waals surface area contributed by atoms with Crippen molar-refractivity contribution in [2.24, 2.45) is 7.05 Å². The van der Waals surface area contributed by atoms with Crippen LogP contribution < -0.4 is 0 Å². The van der Waals surface area contributed by atoms with Crippen LogP contribution in [-0.4, -0.2) is 22.9 Å². The van der Waals surface area contributed by atoms with Gasteiger partial charge in [-0.25, -0.2) is 4.79 Å². The first-order chi connectivity index (χ1) is 6.49. The molecule has 0 unspecified atom stereocenters. The maximum Gasteiger partial charge on any atom is 0.359 e. The molecule has 78 valence electrons. The first-order valence-electron chi connectivity index (χ1n) is 4.29. The Labute approximate surface area is 96.8 Å². The second-order valence-corrected chi connectivity index (χ2v) is 4.40. The summed E-state index contributed by atoms with van der Waals surface area (Å²) >= 11 is 2.13. The molecule has 0 radical (unpaired) electrons. The zero-order valence-corrected chi connectivity index (χ0v) is 10.8. The van der Waals surface area contributed by atoms with Crippen molar-refractivity contribution >= 4 is 28.6 Å². The van der Waals surface area contributed by atoms with Crippen molar-refractivity contribution in [2.45, 2.75) is 19.8 Å². The van der Waals surface area contributed by atoms with Gasteiger partial charge in [-0.3, -0.25) is 4.68 Å². The van der Waals surface area contributed by atoms with E-state index in [1.165, 1.54) is 7.11 Å². The summed E-state index contributed by atoms with van der Waals surface area (Å²) < 4.78 is 7.26. The molecule has 1 heterocycles. The highest BCUT2D eigenvalue weighted by molar-refractivity contribution is 14.1. The van der Waals surface area contributed by atoms with Gasteiger partial charge in [-0.2, -0.15) is 5.10 Å². The van der Waals surface area contributed by atoms with E-state index in [-0.39, 0.29) is 5.97 Å². The zero-order valence-electron chi connectivity index (χ0n) is 8.67. The molecular weight excluding hydrogens is 295 g/mol. The van der Waals surface area contributed by atoms with Gasteiger partial charge in [0, 0.05) is 7.05 Å². The van der Waals surface area contributed by atoms with Crippen LogP contribution in [0.25, 0.3) is 0 Å². The number of carbonyl (C=O) groups excluding carboxylic acids is 1. The van der Waals surface area contributed by atoms with Crippen LogP contribution in [0.5, 0.6) is 0 Å². The summed E-state index contributed by atoms with van der Waals surface area (Å²) in [6.07, 6.45) is 0. The molecule has 0 aliphatic rings. The van der Waals surface area contributed by atoms with E-state index in [2.05, 4.69) is 46.3 Å². The summed E-state index contributed by atoms with van der Waals surface area (Å²) in [6, 6.07) is 0. The Balaban J connectivity index is 3.23. The Bertz CT molecular complexity index is 358. The van der Waals surface area contributed by atoms with Crippen LogP contribution in [-0.2, 0) is 11.8 Å². The minimum absolute atomic E-state index is 0.345. The van der Waals surface area contributed by atoms with Crippen molar-refractivity contribution in [3.8, 4) is 0 Å². The first kappa shape index (κ1) is 11.5. The number of halogens is 1. The lowest BCUT2D eigenvalue weighted by Gasteiger charge is -2.05. The van der Waals surface area contributed by atoms with Crippen molar-refractivity contribution in [2.75, 3.05) is 7.11 Å². The number of rotatable bonds is 2. The largest absolute Gasteiger partial charge is 0.464 e. The molecule has 0 spiro atoms. The number of aromatic nitrogens is 2. The Morgan fingerprint density at radius 3 is 2.50 bits per heavy atom. The second-order valence-electron chi connectivity index (χ2n) is 3.32. The quantitative estimate of drug-likeness (QED) is 0.619. The molecule has 14 heavy (non-hydrogen) atoms. The molecule has 0 aromatic carbocycles. The normalized spacial score (nSPS) is 10.7. The number of esters is 1. The summed E-state index contributed by atoms with van der Waals surface area (Å²) in [7, 11) is 3.20. The summed E-state index contributed by atoms with van der Waals surface area (Å²) in [5, 5.41) is 4.14. The molecular formula is C9H13IN2O2. The van der Waals surface area contributed by atoms with E-state index in [0.29, 0.717) is 11.6 Å². The second kappa shape index (κ2) is 4.29. The van der Waals surface area contributed by atoms with E-state index in [0.717, 1.165) is 9.26 Å². The van der Waals surface area contributed by atoms with Gasteiger partial charge in [-0.05, 0) is 28.5 Å². The predicted octanol–water partition coefficient (Wildman–Crippen LogP) is 1.93. The number of nitrogens with zero attached hydrogens (tertiary/aromatic N) is 2. The van der Waals surface area contributed by atoms with Crippen molar-refractivity contribution in [3.05, 3.63) is 15.0 Å². The van der Waals surface area contributed by atoms with Gasteiger partial charge in [0.25, 0.3) is 0 Å². The molecule has 0 N–H and O–H groups in total. The van der Waals surface area contributed by atoms with Gasteiger partial charge in [0.1, 0.15) is 0 Å².